The van der Waals surface area contributed by atoms with Crippen molar-refractivity contribution in [1.29, 1.82) is 0 Å². The number of para-hydroxylation sites is 1. The van der Waals surface area contributed by atoms with Crippen LogP contribution in [0.3, 0.4) is 0 Å². The first kappa shape index (κ1) is 12.8. The van der Waals surface area contributed by atoms with E-state index in [-0.39, 0.29) is 16.5 Å². The Morgan fingerprint density at radius 1 is 1.50 bits per heavy atom. The Labute approximate surface area is 99.3 Å². The first-order chi connectivity index (χ1) is 7.37. The summed E-state index contributed by atoms with van der Waals surface area (Å²) in [6.07, 6.45) is 0.747. The minimum absolute atomic E-state index is 0.0920. The lowest BCUT2D eigenvalue weighted by atomic mass is 10.1. The molecule has 0 unspecified atom stereocenters. The van der Waals surface area contributed by atoms with Crippen LogP contribution in [0, 0.1) is 10.1 Å². The van der Waals surface area contributed by atoms with Crippen molar-refractivity contribution < 1.29 is 9.66 Å². The van der Waals surface area contributed by atoms with Crippen molar-refractivity contribution in [3.63, 3.8) is 0 Å². The Kier molecular flexibility index (Phi) is 3.75. The molecule has 0 aliphatic rings. The van der Waals surface area contributed by atoms with Gasteiger partial charge in [0, 0.05) is 0 Å². The van der Waals surface area contributed by atoms with E-state index in [9.17, 15) is 10.1 Å². The summed E-state index contributed by atoms with van der Waals surface area (Å²) in [6, 6.07) is 4.67. The number of hydrogen-bond acceptors (Lipinski definition) is 3. The van der Waals surface area contributed by atoms with Crippen molar-refractivity contribution in [1.82, 2.24) is 0 Å². The molecular formula is C11H14ClNO3. The number of ether oxygens (including phenoxy) is 1. The van der Waals surface area contributed by atoms with Crippen LogP contribution in [0.1, 0.15) is 27.2 Å². The highest BCUT2D eigenvalue weighted by molar-refractivity contribution is 6.32. The van der Waals surface area contributed by atoms with Gasteiger partial charge in [-0.2, -0.15) is 0 Å². The van der Waals surface area contributed by atoms with E-state index in [0.717, 1.165) is 6.42 Å². The molecule has 1 aromatic rings. The van der Waals surface area contributed by atoms with Gasteiger partial charge in [-0.25, -0.2) is 0 Å². The third-order valence-electron chi connectivity index (χ3n) is 2.37. The van der Waals surface area contributed by atoms with Crippen molar-refractivity contribution in [2.75, 3.05) is 0 Å². The highest BCUT2D eigenvalue weighted by atomic mass is 35.5. The molecule has 5 heteroatoms. The maximum Gasteiger partial charge on any atom is 0.329 e. The zero-order valence-electron chi connectivity index (χ0n) is 9.49. The van der Waals surface area contributed by atoms with Crippen molar-refractivity contribution in [2.24, 2.45) is 0 Å². The number of hydrogen-bond donors (Lipinski definition) is 0. The molecule has 1 aromatic carbocycles. The van der Waals surface area contributed by atoms with Gasteiger partial charge in [-0.15, -0.1) is 0 Å². The lowest BCUT2D eigenvalue weighted by molar-refractivity contribution is -0.386. The van der Waals surface area contributed by atoms with Crippen molar-refractivity contribution in [3.05, 3.63) is 33.3 Å². The third kappa shape index (κ3) is 2.85. The van der Waals surface area contributed by atoms with E-state index in [2.05, 4.69) is 0 Å². The quantitative estimate of drug-likeness (QED) is 0.597. The molecule has 0 aromatic heterocycles. The van der Waals surface area contributed by atoms with Gasteiger partial charge in [-0.05, 0) is 32.4 Å². The van der Waals surface area contributed by atoms with Crippen molar-refractivity contribution in [2.45, 2.75) is 32.8 Å². The van der Waals surface area contributed by atoms with E-state index in [0.29, 0.717) is 0 Å². The minimum Gasteiger partial charge on any atom is -0.481 e. The smallest absolute Gasteiger partial charge is 0.329 e. The van der Waals surface area contributed by atoms with Gasteiger partial charge in [0.15, 0.2) is 5.75 Å². The van der Waals surface area contributed by atoms with Gasteiger partial charge in [0.1, 0.15) is 10.6 Å². The molecule has 0 saturated carbocycles. The monoisotopic (exact) mass is 243 g/mol. The summed E-state index contributed by atoms with van der Waals surface area (Å²) in [7, 11) is 0. The zero-order valence-corrected chi connectivity index (χ0v) is 10.2. The van der Waals surface area contributed by atoms with E-state index in [1.54, 1.807) is 12.1 Å². The van der Waals surface area contributed by atoms with Crippen LogP contribution >= 0.6 is 11.6 Å². The number of nitro groups is 1. The predicted octanol–water partition coefficient (Wildman–Crippen LogP) is 3.82. The molecule has 0 heterocycles. The Balaban J connectivity index is 3.14. The second-order valence-electron chi connectivity index (χ2n) is 4.06. The summed E-state index contributed by atoms with van der Waals surface area (Å²) in [6.45, 7) is 5.70. The van der Waals surface area contributed by atoms with E-state index >= 15 is 0 Å². The van der Waals surface area contributed by atoms with E-state index in [1.807, 2.05) is 20.8 Å². The van der Waals surface area contributed by atoms with E-state index < -0.39 is 10.5 Å². The number of rotatable bonds is 4. The van der Waals surface area contributed by atoms with E-state index in [4.69, 9.17) is 16.3 Å². The SMILES string of the molecule is CCC(C)(C)Oc1cccc(Cl)c1[N+](=O)[O-]. The third-order valence-corrected chi connectivity index (χ3v) is 2.68. The Bertz CT molecular complexity index is 404. The fraction of sp³-hybridized carbons (Fsp3) is 0.455. The molecule has 0 bridgehead atoms. The Morgan fingerprint density at radius 3 is 2.62 bits per heavy atom. The van der Waals surface area contributed by atoms with Gasteiger partial charge in [0.25, 0.3) is 0 Å². The first-order valence-corrected chi connectivity index (χ1v) is 5.37. The summed E-state index contributed by atoms with van der Waals surface area (Å²) in [5.41, 5.74) is -0.624. The summed E-state index contributed by atoms with van der Waals surface area (Å²) in [4.78, 5) is 10.3. The van der Waals surface area contributed by atoms with Crippen LogP contribution in [0.5, 0.6) is 5.75 Å². The molecule has 0 amide bonds. The maximum absolute atomic E-state index is 10.9. The number of nitrogens with zero attached hydrogens (tertiary/aromatic N) is 1. The molecular weight excluding hydrogens is 230 g/mol. The molecule has 0 fully saturated rings. The summed E-state index contributed by atoms with van der Waals surface area (Å²) in [5, 5.41) is 10.9. The number of benzene rings is 1. The topological polar surface area (TPSA) is 52.4 Å². The van der Waals surface area contributed by atoms with Crippen LogP contribution < -0.4 is 4.74 Å². The number of nitro benzene ring substituents is 1. The fourth-order valence-corrected chi connectivity index (χ4v) is 1.36. The first-order valence-electron chi connectivity index (χ1n) is 4.99. The van der Waals surface area contributed by atoms with Crippen LogP contribution in [0.25, 0.3) is 0 Å². The van der Waals surface area contributed by atoms with Gasteiger partial charge in [0.2, 0.25) is 0 Å². The average Bonchev–Trinajstić information content (AvgIpc) is 2.16. The lowest BCUT2D eigenvalue weighted by Crippen LogP contribution is -2.27. The average molecular weight is 244 g/mol. The molecule has 0 saturated heterocycles. The van der Waals surface area contributed by atoms with Gasteiger partial charge in [-0.3, -0.25) is 10.1 Å². The van der Waals surface area contributed by atoms with Gasteiger partial charge < -0.3 is 4.74 Å². The highest BCUT2D eigenvalue weighted by Crippen LogP contribution is 2.36. The second-order valence-corrected chi connectivity index (χ2v) is 4.47. The van der Waals surface area contributed by atoms with Gasteiger partial charge in [-0.1, -0.05) is 24.6 Å². The predicted molar refractivity (Wildman–Crippen MR) is 63.1 cm³/mol. The lowest BCUT2D eigenvalue weighted by Gasteiger charge is -2.24. The molecule has 4 nitrogen and oxygen atoms in total. The molecule has 0 atom stereocenters. The highest BCUT2D eigenvalue weighted by Gasteiger charge is 2.25. The van der Waals surface area contributed by atoms with Crippen LogP contribution in [-0.4, -0.2) is 10.5 Å². The molecule has 0 spiro atoms. The largest absolute Gasteiger partial charge is 0.481 e. The fourth-order valence-electron chi connectivity index (χ4n) is 1.12. The van der Waals surface area contributed by atoms with Crippen LogP contribution in [-0.2, 0) is 0 Å². The number of halogens is 1. The molecule has 0 radical (unpaired) electrons. The molecule has 0 aliphatic heterocycles. The van der Waals surface area contributed by atoms with Crippen LogP contribution in [0.4, 0.5) is 5.69 Å². The van der Waals surface area contributed by atoms with Crippen molar-refractivity contribution in [3.8, 4) is 5.75 Å². The summed E-state index contributed by atoms with van der Waals surface area (Å²) < 4.78 is 5.60. The standard InChI is InChI=1S/C11H14ClNO3/c1-4-11(2,3)16-9-7-5-6-8(12)10(9)13(14)15/h5-7H,4H2,1-3H3. The van der Waals surface area contributed by atoms with Gasteiger partial charge >= 0.3 is 5.69 Å². The zero-order chi connectivity index (χ0) is 12.3. The summed E-state index contributed by atoms with van der Waals surface area (Å²) in [5.74, 6) is 0.212. The van der Waals surface area contributed by atoms with Crippen LogP contribution in [0.2, 0.25) is 5.02 Å². The van der Waals surface area contributed by atoms with Gasteiger partial charge in [0.05, 0.1) is 4.92 Å². The van der Waals surface area contributed by atoms with E-state index in [1.165, 1.54) is 6.07 Å². The Hall–Kier alpha value is -1.29. The minimum atomic E-state index is -0.524. The normalized spacial score (nSPS) is 11.2. The summed E-state index contributed by atoms with van der Waals surface area (Å²) >= 11 is 5.77. The molecule has 88 valence electrons. The molecule has 1 rings (SSSR count). The van der Waals surface area contributed by atoms with Crippen molar-refractivity contribution >= 4 is 17.3 Å². The maximum atomic E-state index is 10.9. The van der Waals surface area contributed by atoms with Crippen LogP contribution in [0.15, 0.2) is 18.2 Å². The molecule has 0 N–H and O–H groups in total. The Morgan fingerprint density at radius 2 is 2.12 bits per heavy atom. The second kappa shape index (κ2) is 4.70. The molecule has 16 heavy (non-hydrogen) atoms. The molecule has 0 aliphatic carbocycles.